The third-order valence-corrected chi connectivity index (χ3v) is 6.64. The number of nitrogens with zero attached hydrogens (tertiary/aromatic N) is 2. The fourth-order valence-corrected chi connectivity index (χ4v) is 4.49. The Hall–Kier alpha value is -4.09. The summed E-state index contributed by atoms with van der Waals surface area (Å²) in [6, 6.07) is 10.6. The number of aryl methyl sites for hydroxylation is 1. The standard InChI is InChI=1S/C26H23ClN4O6S/c1-14-10-23(38)21(31(35)36)12-19(14)18-4-3-9-30(26(18)34)29-25(33)24(16-5-6-16)37-22-8-7-17(27)11-20(22)15(2)28-13-32/h3-4,7-13,16,24,38H,2,5-6H2,1H3,(H,28,32)(H,29,33). The van der Waals surface area contributed by atoms with Gasteiger partial charge in [0.2, 0.25) is 6.41 Å². The Bertz CT molecular complexity index is 1520. The summed E-state index contributed by atoms with van der Waals surface area (Å²) in [6.07, 6.45) is 2.41. The number of hydrogen-bond donors (Lipinski definition) is 3. The molecule has 1 aliphatic carbocycles. The molecular formula is C26H23ClN4O6S. The van der Waals surface area contributed by atoms with Crippen LogP contribution in [0.4, 0.5) is 5.69 Å². The molecule has 1 heterocycles. The summed E-state index contributed by atoms with van der Waals surface area (Å²) in [6.45, 7) is 5.51. The smallest absolute Gasteiger partial charge is 0.283 e. The van der Waals surface area contributed by atoms with Gasteiger partial charge < -0.3 is 10.1 Å². The summed E-state index contributed by atoms with van der Waals surface area (Å²) in [7, 11) is 0. The number of nitro benzene ring substituents is 1. The summed E-state index contributed by atoms with van der Waals surface area (Å²) in [5.41, 5.74) is 3.56. The summed E-state index contributed by atoms with van der Waals surface area (Å²) < 4.78 is 7.09. The Morgan fingerprint density at radius 1 is 1.29 bits per heavy atom. The molecule has 0 aliphatic heterocycles. The van der Waals surface area contributed by atoms with E-state index in [-0.39, 0.29) is 33.5 Å². The van der Waals surface area contributed by atoms with Crippen molar-refractivity contribution >= 4 is 47.9 Å². The van der Waals surface area contributed by atoms with E-state index in [4.69, 9.17) is 16.3 Å². The quantitative estimate of drug-likeness (QED) is 0.148. The number of nitrogens with one attached hydrogen (secondary N) is 2. The molecule has 38 heavy (non-hydrogen) atoms. The molecule has 196 valence electrons. The minimum absolute atomic E-state index is 0.0856. The lowest BCUT2D eigenvalue weighted by Crippen LogP contribution is -2.42. The van der Waals surface area contributed by atoms with Crippen molar-refractivity contribution in [1.29, 1.82) is 0 Å². The number of ether oxygens (including phenoxy) is 1. The Labute approximate surface area is 227 Å². The average molecular weight is 555 g/mol. The second-order valence-electron chi connectivity index (χ2n) is 8.74. The predicted octanol–water partition coefficient (Wildman–Crippen LogP) is 4.32. The van der Waals surface area contributed by atoms with Gasteiger partial charge in [-0.05, 0) is 67.3 Å². The molecular weight excluding hydrogens is 532 g/mol. The number of hydrogen-bond acceptors (Lipinski definition) is 7. The summed E-state index contributed by atoms with van der Waals surface area (Å²) in [5.74, 6) is -0.357. The van der Waals surface area contributed by atoms with E-state index in [1.807, 2.05) is 0 Å². The molecule has 0 radical (unpaired) electrons. The summed E-state index contributed by atoms with van der Waals surface area (Å²) >= 11 is 10.3. The number of thiol groups is 1. The van der Waals surface area contributed by atoms with Gasteiger partial charge in [0.1, 0.15) is 5.75 Å². The van der Waals surface area contributed by atoms with Crippen molar-refractivity contribution in [2.24, 2.45) is 5.92 Å². The predicted molar refractivity (Wildman–Crippen MR) is 146 cm³/mol. The minimum Gasteiger partial charge on any atom is -0.480 e. The molecule has 3 aromatic rings. The van der Waals surface area contributed by atoms with Crippen LogP contribution in [0.25, 0.3) is 16.8 Å². The van der Waals surface area contributed by atoms with Crippen LogP contribution in [0.2, 0.25) is 5.02 Å². The maximum absolute atomic E-state index is 13.3. The SMILES string of the molecule is C=C(NC=O)c1cc(Cl)ccc1OC(C(=O)Nn1cccc(-c2cc([N+](=O)[O-])c(S)cc2C)c1=O)C1CC1. The first-order chi connectivity index (χ1) is 18.1. The van der Waals surface area contributed by atoms with Gasteiger partial charge in [-0.1, -0.05) is 18.2 Å². The fourth-order valence-electron chi connectivity index (χ4n) is 3.98. The molecule has 1 unspecified atom stereocenters. The van der Waals surface area contributed by atoms with Crippen LogP contribution < -0.4 is 21.0 Å². The minimum atomic E-state index is -0.944. The van der Waals surface area contributed by atoms with Gasteiger partial charge >= 0.3 is 0 Å². The van der Waals surface area contributed by atoms with Crippen LogP contribution in [0.15, 0.2) is 64.9 Å². The van der Waals surface area contributed by atoms with E-state index in [0.29, 0.717) is 28.1 Å². The van der Waals surface area contributed by atoms with Crippen LogP contribution in [0.3, 0.4) is 0 Å². The van der Waals surface area contributed by atoms with E-state index in [9.17, 15) is 24.5 Å². The summed E-state index contributed by atoms with van der Waals surface area (Å²) in [4.78, 5) is 48.5. The molecule has 4 rings (SSSR count). The number of nitro groups is 1. The third-order valence-electron chi connectivity index (χ3n) is 6.05. The molecule has 1 fully saturated rings. The molecule has 2 aromatic carbocycles. The largest absolute Gasteiger partial charge is 0.480 e. The second-order valence-corrected chi connectivity index (χ2v) is 9.66. The van der Waals surface area contributed by atoms with Gasteiger partial charge in [-0.15, -0.1) is 12.6 Å². The zero-order valence-corrected chi connectivity index (χ0v) is 21.8. The Kier molecular flexibility index (Phi) is 7.88. The monoisotopic (exact) mass is 554 g/mol. The van der Waals surface area contributed by atoms with Crippen LogP contribution in [0.5, 0.6) is 5.75 Å². The van der Waals surface area contributed by atoms with E-state index in [1.165, 1.54) is 24.4 Å². The van der Waals surface area contributed by atoms with E-state index in [2.05, 4.69) is 30.0 Å². The van der Waals surface area contributed by atoms with Gasteiger partial charge in [0.05, 0.1) is 9.82 Å². The molecule has 1 saturated carbocycles. The molecule has 10 nitrogen and oxygen atoms in total. The van der Waals surface area contributed by atoms with Gasteiger partial charge in [-0.25, -0.2) is 4.68 Å². The van der Waals surface area contributed by atoms with Gasteiger partial charge in [-0.3, -0.25) is 29.9 Å². The van der Waals surface area contributed by atoms with Gasteiger partial charge in [0, 0.05) is 40.0 Å². The van der Waals surface area contributed by atoms with Crippen LogP contribution in [-0.2, 0) is 9.59 Å². The van der Waals surface area contributed by atoms with Gasteiger partial charge in [-0.2, -0.15) is 0 Å². The molecule has 0 saturated heterocycles. The molecule has 1 aromatic heterocycles. The maximum atomic E-state index is 13.3. The highest BCUT2D eigenvalue weighted by Crippen LogP contribution is 2.37. The Balaban J connectivity index is 1.64. The normalized spacial score (nSPS) is 13.3. The van der Waals surface area contributed by atoms with Crippen LogP contribution in [0, 0.1) is 23.0 Å². The van der Waals surface area contributed by atoms with E-state index >= 15 is 0 Å². The molecule has 0 bridgehead atoms. The lowest BCUT2D eigenvalue weighted by molar-refractivity contribution is -0.387. The van der Waals surface area contributed by atoms with E-state index < -0.39 is 22.5 Å². The number of rotatable bonds is 10. The third kappa shape index (κ3) is 5.74. The highest BCUT2D eigenvalue weighted by Gasteiger charge is 2.39. The number of carbonyl (C=O) groups is 2. The summed E-state index contributed by atoms with van der Waals surface area (Å²) in [5, 5.41) is 14.2. The van der Waals surface area contributed by atoms with Crippen molar-refractivity contribution in [2.75, 3.05) is 5.43 Å². The topological polar surface area (TPSA) is 133 Å². The van der Waals surface area contributed by atoms with Crippen molar-refractivity contribution in [1.82, 2.24) is 9.99 Å². The number of aromatic nitrogens is 1. The van der Waals surface area contributed by atoms with Crippen molar-refractivity contribution in [3.8, 4) is 16.9 Å². The van der Waals surface area contributed by atoms with Crippen molar-refractivity contribution in [3.05, 3.63) is 91.9 Å². The maximum Gasteiger partial charge on any atom is 0.283 e. The lowest BCUT2D eigenvalue weighted by Gasteiger charge is -2.21. The number of pyridine rings is 1. The zero-order chi connectivity index (χ0) is 27.6. The van der Waals surface area contributed by atoms with Crippen molar-refractivity contribution in [3.63, 3.8) is 0 Å². The van der Waals surface area contributed by atoms with Crippen molar-refractivity contribution < 1.29 is 19.2 Å². The second kappa shape index (κ2) is 11.1. The van der Waals surface area contributed by atoms with Crippen LogP contribution in [-0.4, -0.2) is 28.0 Å². The molecule has 2 amide bonds. The highest BCUT2D eigenvalue weighted by atomic mass is 35.5. The number of benzene rings is 2. The van der Waals surface area contributed by atoms with Crippen LogP contribution in [0.1, 0.15) is 24.0 Å². The van der Waals surface area contributed by atoms with Gasteiger partial charge in [0.25, 0.3) is 17.2 Å². The Morgan fingerprint density at radius 3 is 2.68 bits per heavy atom. The lowest BCUT2D eigenvalue weighted by atomic mass is 10.0. The van der Waals surface area contributed by atoms with E-state index in [1.54, 1.807) is 31.2 Å². The Morgan fingerprint density at radius 2 is 2.03 bits per heavy atom. The molecule has 1 atom stereocenters. The molecule has 0 spiro atoms. The fraction of sp³-hybridized carbons (Fsp3) is 0.192. The van der Waals surface area contributed by atoms with E-state index in [0.717, 1.165) is 17.5 Å². The molecule has 2 N–H and O–H groups in total. The number of carbonyl (C=O) groups excluding carboxylic acids is 2. The number of halogens is 1. The molecule has 1 aliphatic rings. The average Bonchev–Trinajstić information content (AvgIpc) is 3.70. The highest BCUT2D eigenvalue weighted by molar-refractivity contribution is 7.80. The molecule has 12 heteroatoms. The van der Waals surface area contributed by atoms with Crippen molar-refractivity contribution in [2.45, 2.75) is 30.8 Å². The first-order valence-corrected chi connectivity index (χ1v) is 12.3. The van der Waals surface area contributed by atoms with Gasteiger partial charge in [0.15, 0.2) is 6.10 Å². The zero-order valence-electron chi connectivity index (χ0n) is 20.1. The first kappa shape index (κ1) is 27.0. The van der Waals surface area contributed by atoms with Crippen LogP contribution >= 0.6 is 24.2 Å². The first-order valence-electron chi connectivity index (χ1n) is 11.5. The number of amides is 2.